The van der Waals surface area contributed by atoms with Crippen LogP contribution in [0.1, 0.15) is 26.7 Å². The topological polar surface area (TPSA) is 49.4 Å². The van der Waals surface area contributed by atoms with Crippen LogP contribution in [-0.4, -0.2) is 45.2 Å². The average molecular weight is 248 g/mol. The molecule has 1 heterocycles. The van der Waals surface area contributed by atoms with Gasteiger partial charge in [-0.3, -0.25) is 0 Å². The summed E-state index contributed by atoms with van der Waals surface area (Å²) in [6, 6.07) is 0. The fourth-order valence-electron chi connectivity index (χ4n) is 2.11. The van der Waals surface area contributed by atoms with E-state index in [9.17, 15) is 8.42 Å². The van der Waals surface area contributed by atoms with Crippen molar-refractivity contribution in [3.8, 4) is 0 Å². The quantitative estimate of drug-likeness (QED) is 0.786. The molecule has 0 bridgehead atoms. The molecule has 96 valence electrons. The number of rotatable bonds is 5. The first-order valence-corrected chi connectivity index (χ1v) is 7.67. The van der Waals surface area contributed by atoms with Crippen molar-refractivity contribution in [2.75, 3.05) is 32.4 Å². The second kappa shape index (κ2) is 5.98. The molecule has 0 amide bonds. The van der Waals surface area contributed by atoms with Gasteiger partial charge in [0.25, 0.3) is 0 Å². The molecule has 0 aromatic carbocycles. The van der Waals surface area contributed by atoms with Gasteiger partial charge in [-0.2, -0.15) is 0 Å². The Kier molecular flexibility index (Phi) is 5.21. The van der Waals surface area contributed by atoms with Crippen LogP contribution in [0.3, 0.4) is 0 Å². The molecule has 0 aromatic heterocycles. The SMILES string of the molecule is CC(C)CS(=O)(=O)N(C)CC1CCCNC1. The molecular formula is C11H24N2O2S. The van der Waals surface area contributed by atoms with Gasteiger partial charge < -0.3 is 5.32 Å². The minimum atomic E-state index is -3.05. The molecule has 0 saturated carbocycles. The van der Waals surface area contributed by atoms with E-state index in [1.807, 2.05) is 13.8 Å². The highest BCUT2D eigenvalue weighted by atomic mass is 32.2. The Morgan fingerprint density at radius 1 is 1.44 bits per heavy atom. The van der Waals surface area contributed by atoms with Crippen LogP contribution in [0, 0.1) is 11.8 Å². The van der Waals surface area contributed by atoms with Crippen LogP contribution in [0.4, 0.5) is 0 Å². The highest BCUT2D eigenvalue weighted by Gasteiger charge is 2.23. The lowest BCUT2D eigenvalue weighted by atomic mass is 10.00. The summed E-state index contributed by atoms with van der Waals surface area (Å²) in [5.74, 6) is 0.918. The third kappa shape index (κ3) is 4.39. The first-order valence-electron chi connectivity index (χ1n) is 6.06. The van der Waals surface area contributed by atoms with E-state index in [2.05, 4.69) is 5.32 Å². The van der Waals surface area contributed by atoms with Crippen molar-refractivity contribution in [2.24, 2.45) is 11.8 Å². The molecule has 5 heteroatoms. The van der Waals surface area contributed by atoms with Crippen LogP contribution in [0.2, 0.25) is 0 Å². The van der Waals surface area contributed by atoms with Gasteiger partial charge in [-0.25, -0.2) is 12.7 Å². The molecule has 1 fully saturated rings. The molecule has 1 aliphatic rings. The second-order valence-corrected chi connectivity index (χ2v) is 7.29. The molecule has 1 aliphatic heterocycles. The zero-order chi connectivity index (χ0) is 12.2. The number of piperidine rings is 1. The molecule has 0 spiro atoms. The summed E-state index contributed by atoms with van der Waals surface area (Å²) in [5, 5.41) is 3.31. The van der Waals surface area contributed by atoms with Crippen molar-refractivity contribution in [2.45, 2.75) is 26.7 Å². The highest BCUT2D eigenvalue weighted by Crippen LogP contribution is 2.14. The Balaban J connectivity index is 2.46. The predicted octanol–water partition coefficient (Wildman–Crippen LogP) is 0.904. The molecular weight excluding hydrogens is 224 g/mol. The van der Waals surface area contributed by atoms with Crippen molar-refractivity contribution in [1.82, 2.24) is 9.62 Å². The van der Waals surface area contributed by atoms with Crippen molar-refractivity contribution >= 4 is 10.0 Å². The molecule has 0 aromatic rings. The van der Waals surface area contributed by atoms with E-state index in [-0.39, 0.29) is 11.7 Å². The standard InChI is InChI=1S/C11H24N2O2S/c1-10(2)9-16(14,15)13(3)8-11-5-4-6-12-7-11/h10-12H,4-9H2,1-3H3. The van der Waals surface area contributed by atoms with E-state index in [0.29, 0.717) is 12.5 Å². The maximum Gasteiger partial charge on any atom is 0.214 e. The zero-order valence-corrected chi connectivity index (χ0v) is 11.4. The fourth-order valence-corrected chi connectivity index (χ4v) is 3.64. The summed E-state index contributed by atoms with van der Waals surface area (Å²) in [6.07, 6.45) is 2.29. The molecule has 1 unspecified atom stereocenters. The van der Waals surface area contributed by atoms with Crippen LogP contribution in [0.15, 0.2) is 0 Å². The smallest absolute Gasteiger partial charge is 0.214 e. The minimum Gasteiger partial charge on any atom is -0.316 e. The van der Waals surface area contributed by atoms with E-state index >= 15 is 0 Å². The first kappa shape index (κ1) is 13.9. The Bertz CT molecular complexity index is 295. The number of sulfonamides is 1. The number of hydrogen-bond donors (Lipinski definition) is 1. The maximum atomic E-state index is 11.9. The summed E-state index contributed by atoms with van der Waals surface area (Å²) in [4.78, 5) is 0. The van der Waals surface area contributed by atoms with Gasteiger partial charge >= 0.3 is 0 Å². The second-order valence-electron chi connectivity index (χ2n) is 5.17. The van der Waals surface area contributed by atoms with Gasteiger partial charge in [0.15, 0.2) is 0 Å². The molecule has 1 saturated heterocycles. The zero-order valence-electron chi connectivity index (χ0n) is 10.6. The molecule has 16 heavy (non-hydrogen) atoms. The largest absolute Gasteiger partial charge is 0.316 e. The summed E-state index contributed by atoms with van der Waals surface area (Å²) in [6.45, 7) is 6.55. The predicted molar refractivity (Wildman–Crippen MR) is 66.8 cm³/mol. The van der Waals surface area contributed by atoms with Gasteiger partial charge in [0.1, 0.15) is 0 Å². The van der Waals surface area contributed by atoms with Crippen molar-refractivity contribution in [3.05, 3.63) is 0 Å². The van der Waals surface area contributed by atoms with E-state index < -0.39 is 10.0 Å². The molecule has 0 radical (unpaired) electrons. The summed E-state index contributed by atoms with van der Waals surface area (Å²) >= 11 is 0. The van der Waals surface area contributed by atoms with Gasteiger partial charge in [0.2, 0.25) is 10.0 Å². The average Bonchev–Trinajstić information content (AvgIpc) is 2.17. The lowest BCUT2D eigenvalue weighted by molar-refractivity contribution is 0.314. The van der Waals surface area contributed by atoms with Crippen molar-refractivity contribution in [3.63, 3.8) is 0 Å². The Morgan fingerprint density at radius 3 is 2.62 bits per heavy atom. The highest BCUT2D eigenvalue weighted by molar-refractivity contribution is 7.89. The molecule has 4 nitrogen and oxygen atoms in total. The Hall–Kier alpha value is -0.130. The monoisotopic (exact) mass is 248 g/mol. The van der Waals surface area contributed by atoms with Crippen LogP contribution < -0.4 is 5.32 Å². The summed E-state index contributed by atoms with van der Waals surface area (Å²) in [5.41, 5.74) is 0. The number of nitrogens with one attached hydrogen (secondary N) is 1. The number of hydrogen-bond acceptors (Lipinski definition) is 3. The molecule has 1 N–H and O–H groups in total. The van der Waals surface area contributed by atoms with E-state index in [4.69, 9.17) is 0 Å². The lowest BCUT2D eigenvalue weighted by Crippen LogP contribution is -2.40. The van der Waals surface area contributed by atoms with E-state index in [0.717, 1.165) is 25.9 Å². The number of nitrogens with zero attached hydrogens (tertiary/aromatic N) is 1. The lowest BCUT2D eigenvalue weighted by Gasteiger charge is -2.27. The van der Waals surface area contributed by atoms with Gasteiger partial charge in [0.05, 0.1) is 5.75 Å². The van der Waals surface area contributed by atoms with Crippen LogP contribution in [0.5, 0.6) is 0 Å². The van der Waals surface area contributed by atoms with Gasteiger partial charge in [0, 0.05) is 13.6 Å². The normalized spacial score (nSPS) is 22.9. The van der Waals surface area contributed by atoms with Crippen LogP contribution >= 0.6 is 0 Å². The van der Waals surface area contributed by atoms with Gasteiger partial charge in [-0.15, -0.1) is 0 Å². The molecule has 0 aliphatic carbocycles. The van der Waals surface area contributed by atoms with Gasteiger partial charge in [-0.1, -0.05) is 13.8 Å². The summed E-state index contributed by atoms with van der Waals surface area (Å²) in [7, 11) is -1.35. The Labute approximate surface area is 99.5 Å². The van der Waals surface area contributed by atoms with Crippen LogP contribution in [0.25, 0.3) is 0 Å². The van der Waals surface area contributed by atoms with Crippen molar-refractivity contribution < 1.29 is 8.42 Å². The summed E-state index contributed by atoms with van der Waals surface area (Å²) < 4.78 is 25.4. The van der Waals surface area contributed by atoms with E-state index in [1.165, 1.54) is 4.31 Å². The van der Waals surface area contributed by atoms with Gasteiger partial charge in [-0.05, 0) is 37.8 Å². The maximum absolute atomic E-state index is 11.9. The first-order chi connectivity index (χ1) is 7.42. The fraction of sp³-hybridized carbons (Fsp3) is 1.00. The van der Waals surface area contributed by atoms with Crippen molar-refractivity contribution in [1.29, 1.82) is 0 Å². The van der Waals surface area contributed by atoms with E-state index in [1.54, 1.807) is 7.05 Å². The third-order valence-electron chi connectivity index (χ3n) is 2.93. The van der Waals surface area contributed by atoms with Crippen LogP contribution in [-0.2, 0) is 10.0 Å². The Morgan fingerprint density at radius 2 is 2.12 bits per heavy atom. The molecule has 1 rings (SSSR count). The third-order valence-corrected chi connectivity index (χ3v) is 5.12. The molecule has 1 atom stereocenters. The minimum absolute atomic E-state index is 0.192.